The van der Waals surface area contributed by atoms with Gasteiger partial charge in [0.25, 0.3) is 0 Å². The maximum Gasteiger partial charge on any atom is 0.193 e. The first-order valence-electron chi connectivity index (χ1n) is 7.78. The Bertz CT molecular complexity index is 267. The fraction of sp³-hybridized carbons (Fsp3) is 0.933. The molecule has 0 radical (unpaired) electrons. The molecule has 1 aliphatic heterocycles. The summed E-state index contributed by atoms with van der Waals surface area (Å²) < 4.78 is 0. The summed E-state index contributed by atoms with van der Waals surface area (Å²) in [6.07, 6.45) is 2.58. The van der Waals surface area contributed by atoms with Crippen molar-refractivity contribution in [1.29, 1.82) is 0 Å². The third kappa shape index (κ3) is 5.81. The van der Waals surface area contributed by atoms with E-state index in [4.69, 9.17) is 4.99 Å². The lowest BCUT2D eigenvalue weighted by molar-refractivity contribution is 0.268. The highest BCUT2D eigenvalue weighted by Crippen LogP contribution is 2.15. The lowest BCUT2D eigenvalue weighted by atomic mass is 10.00. The largest absolute Gasteiger partial charge is 0.357 e. The average molecular weight is 268 g/mol. The molecule has 0 unspecified atom stereocenters. The lowest BCUT2D eigenvalue weighted by Gasteiger charge is -2.33. The fourth-order valence-electron chi connectivity index (χ4n) is 2.22. The number of hydrogen-bond acceptors (Lipinski definition) is 2. The van der Waals surface area contributed by atoms with Crippen LogP contribution in [-0.2, 0) is 0 Å². The van der Waals surface area contributed by atoms with Crippen LogP contribution in [0.5, 0.6) is 0 Å². The number of piperidine rings is 1. The van der Waals surface area contributed by atoms with Gasteiger partial charge in [-0.15, -0.1) is 0 Å². The van der Waals surface area contributed by atoms with Gasteiger partial charge in [-0.25, -0.2) is 0 Å². The zero-order chi connectivity index (χ0) is 14.3. The second kappa shape index (κ2) is 8.41. The zero-order valence-electron chi connectivity index (χ0n) is 13.4. The molecule has 1 heterocycles. The molecule has 1 N–H and O–H groups in total. The van der Waals surface area contributed by atoms with Crippen molar-refractivity contribution >= 4 is 5.96 Å². The molecule has 19 heavy (non-hydrogen) atoms. The standard InChI is InChI=1S/C15H32N4/c1-6-16-15(17-9-12-18(5)13(2)3)19-10-7-14(4)8-11-19/h13-14H,6-12H2,1-5H3,(H,16,17). The molecule has 1 aliphatic rings. The van der Waals surface area contributed by atoms with E-state index in [1.165, 1.54) is 12.8 Å². The molecule has 0 aliphatic carbocycles. The van der Waals surface area contributed by atoms with Gasteiger partial charge in [0.05, 0.1) is 6.54 Å². The number of likely N-dealkylation sites (tertiary alicyclic amines) is 1. The van der Waals surface area contributed by atoms with E-state index in [1.807, 2.05) is 0 Å². The number of guanidine groups is 1. The van der Waals surface area contributed by atoms with Crippen molar-refractivity contribution in [2.75, 3.05) is 39.8 Å². The highest BCUT2D eigenvalue weighted by atomic mass is 15.3. The molecule has 0 atom stereocenters. The summed E-state index contributed by atoms with van der Waals surface area (Å²) in [5.41, 5.74) is 0. The highest BCUT2D eigenvalue weighted by molar-refractivity contribution is 5.80. The third-order valence-corrected chi connectivity index (χ3v) is 4.01. The van der Waals surface area contributed by atoms with E-state index in [0.717, 1.165) is 44.6 Å². The second-order valence-electron chi connectivity index (χ2n) is 5.98. The third-order valence-electron chi connectivity index (χ3n) is 4.01. The monoisotopic (exact) mass is 268 g/mol. The van der Waals surface area contributed by atoms with Crippen molar-refractivity contribution in [2.24, 2.45) is 10.9 Å². The van der Waals surface area contributed by atoms with Gasteiger partial charge in [0.2, 0.25) is 0 Å². The average Bonchev–Trinajstić information content (AvgIpc) is 2.38. The molecule has 4 nitrogen and oxygen atoms in total. The number of nitrogens with zero attached hydrogens (tertiary/aromatic N) is 3. The molecule has 112 valence electrons. The molecular formula is C15H32N4. The van der Waals surface area contributed by atoms with Crippen molar-refractivity contribution in [2.45, 2.75) is 46.6 Å². The van der Waals surface area contributed by atoms with Crippen LogP contribution in [-0.4, -0.2) is 61.6 Å². The highest BCUT2D eigenvalue weighted by Gasteiger charge is 2.18. The van der Waals surface area contributed by atoms with Crippen LogP contribution >= 0.6 is 0 Å². The Kier molecular flexibility index (Phi) is 7.21. The smallest absolute Gasteiger partial charge is 0.193 e. The van der Waals surface area contributed by atoms with Crippen molar-refractivity contribution in [1.82, 2.24) is 15.1 Å². The fourth-order valence-corrected chi connectivity index (χ4v) is 2.22. The molecule has 1 rings (SSSR count). The van der Waals surface area contributed by atoms with Crippen molar-refractivity contribution in [3.63, 3.8) is 0 Å². The summed E-state index contributed by atoms with van der Waals surface area (Å²) in [6.45, 7) is 14.1. The number of nitrogens with one attached hydrogen (secondary N) is 1. The van der Waals surface area contributed by atoms with E-state index in [1.54, 1.807) is 0 Å². The first-order valence-corrected chi connectivity index (χ1v) is 7.78. The molecule has 4 heteroatoms. The molecule has 1 fully saturated rings. The van der Waals surface area contributed by atoms with Gasteiger partial charge in [0, 0.05) is 32.2 Å². The van der Waals surface area contributed by atoms with E-state index in [0.29, 0.717) is 6.04 Å². The molecule has 0 spiro atoms. The van der Waals surface area contributed by atoms with Gasteiger partial charge in [-0.1, -0.05) is 6.92 Å². The van der Waals surface area contributed by atoms with Gasteiger partial charge in [-0.2, -0.15) is 0 Å². The van der Waals surface area contributed by atoms with Crippen LogP contribution in [0.15, 0.2) is 4.99 Å². The summed E-state index contributed by atoms with van der Waals surface area (Å²) in [6, 6.07) is 0.591. The van der Waals surface area contributed by atoms with Crippen molar-refractivity contribution < 1.29 is 0 Å². The Hall–Kier alpha value is -0.770. The SMILES string of the molecule is CCNC(=NCCN(C)C(C)C)N1CCC(C)CC1. The second-order valence-corrected chi connectivity index (χ2v) is 5.98. The molecule has 1 saturated heterocycles. The topological polar surface area (TPSA) is 30.9 Å². The number of rotatable bonds is 5. The summed E-state index contributed by atoms with van der Waals surface area (Å²) in [5.74, 6) is 1.97. The molecule has 0 bridgehead atoms. The molecule has 0 aromatic rings. The van der Waals surface area contributed by atoms with Crippen LogP contribution in [0.1, 0.15) is 40.5 Å². The van der Waals surface area contributed by atoms with Gasteiger partial charge < -0.3 is 15.1 Å². The first kappa shape index (κ1) is 16.3. The Balaban J connectivity index is 2.46. The minimum absolute atomic E-state index is 0.591. The molecular weight excluding hydrogens is 236 g/mol. The van der Waals surface area contributed by atoms with Crippen LogP contribution in [0.25, 0.3) is 0 Å². The van der Waals surface area contributed by atoms with Gasteiger partial charge >= 0.3 is 0 Å². The number of hydrogen-bond donors (Lipinski definition) is 1. The predicted molar refractivity (Wildman–Crippen MR) is 83.7 cm³/mol. The van der Waals surface area contributed by atoms with Gasteiger partial charge in [-0.3, -0.25) is 4.99 Å². The Morgan fingerprint density at radius 2 is 2.00 bits per heavy atom. The van der Waals surface area contributed by atoms with Crippen LogP contribution in [0.4, 0.5) is 0 Å². The Labute approximate surface area is 119 Å². The van der Waals surface area contributed by atoms with Gasteiger partial charge in [0.15, 0.2) is 5.96 Å². The Morgan fingerprint density at radius 3 is 2.53 bits per heavy atom. The van der Waals surface area contributed by atoms with E-state index < -0.39 is 0 Å². The normalized spacial score (nSPS) is 18.5. The van der Waals surface area contributed by atoms with Crippen LogP contribution in [0.3, 0.4) is 0 Å². The maximum absolute atomic E-state index is 4.77. The minimum atomic E-state index is 0.591. The van der Waals surface area contributed by atoms with Crippen molar-refractivity contribution in [3.8, 4) is 0 Å². The molecule has 0 aromatic heterocycles. The summed E-state index contributed by atoms with van der Waals surface area (Å²) in [7, 11) is 2.16. The van der Waals surface area contributed by atoms with E-state index in [-0.39, 0.29) is 0 Å². The van der Waals surface area contributed by atoms with E-state index >= 15 is 0 Å². The number of likely N-dealkylation sites (N-methyl/N-ethyl adjacent to an activating group) is 1. The van der Waals surface area contributed by atoms with E-state index in [9.17, 15) is 0 Å². The molecule has 0 amide bonds. The van der Waals surface area contributed by atoms with E-state index in [2.05, 4.69) is 49.9 Å². The van der Waals surface area contributed by atoms with Gasteiger partial charge in [-0.05, 0) is 46.6 Å². The lowest BCUT2D eigenvalue weighted by Crippen LogP contribution is -2.45. The summed E-state index contributed by atoms with van der Waals surface area (Å²) in [5, 5.41) is 3.43. The Morgan fingerprint density at radius 1 is 1.37 bits per heavy atom. The van der Waals surface area contributed by atoms with Crippen LogP contribution < -0.4 is 5.32 Å². The summed E-state index contributed by atoms with van der Waals surface area (Å²) in [4.78, 5) is 9.53. The van der Waals surface area contributed by atoms with Crippen LogP contribution in [0.2, 0.25) is 0 Å². The molecule has 0 saturated carbocycles. The van der Waals surface area contributed by atoms with Crippen molar-refractivity contribution in [3.05, 3.63) is 0 Å². The number of aliphatic imine (C=N–C) groups is 1. The predicted octanol–water partition coefficient (Wildman–Crippen LogP) is 2.02. The quantitative estimate of drug-likeness (QED) is 0.611. The minimum Gasteiger partial charge on any atom is -0.357 e. The summed E-state index contributed by atoms with van der Waals surface area (Å²) >= 11 is 0. The zero-order valence-corrected chi connectivity index (χ0v) is 13.4. The molecule has 0 aromatic carbocycles. The van der Waals surface area contributed by atoms with Gasteiger partial charge in [0.1, 0.15) is 0 Å². The first-order chi connectivity index (χ1) is 9.04. The van der Waals surface area contributed by atoms with Crippen LogP contribution in [0, 0.1) is 5.92 Å². The maximum atomic E-state index is 4.77.